The molecule has 4 nitrogen and oxygen atoms in total. The normalized spacial score (nSPS) is 22.4. The number of nitrogens with one attached hydrogen (secondary N) is 2. The first-order valence-electron chi connectivity index (χ1n) is 7.63. The van der Waals surface area contributed by atoms with Gasteiger partial charge in [0.05, 0.1) is 4.90 Å². The number of hydrogen-bond acceptors (Lipinski definition) is 3. The minimum atomic E-state index is -3.42. The van der Waals surface area contributed by atoms with Crippen molar-refractivity contribution in [1.29, 1.82) is 0 Å². The smallest absolute Gasteiger partial charge is 0.240 e. The Balaban J connectivity index is 0.00000242. The SMILES string of the molecule is CC(C)c1ccc(S(=O)(=O)NCC2(C)CCCNC2)cc1.Cl. The standard InChI is InChI=1S/C16H26N2O2S.ClH/c1-13(2)14-5-7-15(8-6-14)21(19,20)18-12-16(3)9-4-10-17-11-16;/h5-8,13,17-18H,4,9-12H2,1-3H3;1H. The van der Waals surface area contributed by atoms with Crippen molar-refractivity contribution in [3.8, 4) is 0 Å². The molecule has 0 amide bonds. The first kappa shape index (κ1) is 19.4. The van der Waals surface area contributed by atoms with Crippen LogP contribution in [-0.2, 0) is 10.0 Å². The minimum absolute atomic E-state index is 0. The number of piperidine rings is 1. The average molecular weight is 347 g/mol. The molecule has 1 aliphatic heterocycles. The summed E-state index contributed by atoms with van der Waals surface area (Å²) in [6.45, 7) is 8.69. The van der Waals surface area contributed by atoms with Gasteiger partial charge in [-0.25, -0.2) is 13.1 Å². The van der Waals surface area contributed by atoms with Crippen molar-refractivity contribution in [2.24, 2.45) is 5.41 Å². The summed E-state index contributed by atoms with van der Waals surface area (Å²) in [6.07, 6.45) is 2.15. The van der Waals surface area contributed by atoms with Crippen molar-refractivity contribution >= 4 is 22.4 Å². The second-order valence-electron chi connectivity index (χ2n) is 6.64. The van der Waals surface area contributed by atoms with Gasteiger partial charge in [-0.2, -0.15) is 0 Å². The maximum atomic E-state index is 12.4. The molecule has 0 saturated carbocycles. The molecule has 1 aromatic rings. The highest BCUT2D eigenvalue weighted by Gasteiger charge is 2.28. The van der Waals surface area contributed by atoms with Crippen LogP contribution in [0.3, 0.4) is 0 Å². The lowest BCUT2D eigenvalue weighted by molar-refractivity contribution is 0.238. The minimum Gasteiger partial charge on any atom is -0.316 e. The number of sulfonamides is 1. The molecule has 126 valence electrons. The van der Waals surface area contributed by atoms with Crippen LogP contribution in [0, 0.1) is 5.41 Å². The topological polar surface area (TPSA) is 58.2 Å². The van der Waals surface area contributed by atoms with E-state index in [0.717, 1.165) is 31.5 Å². The molecule has 22 heavy (non-hydrogen) atoms. The zero-order valence-electron chi connectivity index (χ0n) is 13.6. The van der Waals surface area contributed by atoms with Gasteiger partial charge in [-0.15, -0.1) is 12.4 Å². The van der Waals surface area contributed by atoms with Crippen LogP contribution >= 0.6 is 12.4 Å². The van der Waals surface area contributed by atoms with Crippen molar-refractivity contribution in [3.05, 3.63) is 29.8 Å². The molecule has 0 radical (unpaired) electrons. The lowest BCUT2D eigenvalue weighted by atomic mass is 9.83. The third-order valence-electron chi connectivity index (χ3n) is 4.23. The van der Waals surface area contributed by atoms with Crippen LogP contribution in [0.1, 0.15) is 45.1 Å². The molecule has 1 aromatic carbocycles. The van der Waals surface area contributed by atoms with Crippen LogP contribution in [0.15, 0.2) is 29.2 Å². The summed E-state index contributed by atoms with van der Waals surface area (Å²) in [5.41, 5.74) is 1.15. The Hall–Kier alpha value is -0.620. The molecule has 2 N–H and O–H groups in total. The summed E-state index contributed by atoms with van der Waals surface area (Å²) in [7, 11) is -3.42. The fourth-order valence-electron chi connectivity index (χ4n) is 2.65. The predicted molar refractivity (Wildman–Crippen MR) is 93.2 cm³/mol. The molecular weight excluding hydrogens is 320 g/mol. The molecule has 1 atom stereocenters. The van der Waals surface area contributed by atoms with E-state index in [4.69, 9.17) is 0 Å². The highest BCUT2D eigenvalue weighted by Crippen LogP contribution is 2.25. The fourth-order valence-corrected chi connectivity index (χ4v) is 3.85. The van der Waals surface area contributed by atoms with E-state index < -0.39 is 10.0 Å². The first-order chi connectivity index (χ1) is 9.82. The summed E-state index contributed by atoms with van der Waals surface area (Å²) in [5.74, 6) is 0.405. The van der Waals surface area contributed by atoms with Gasteiger partial charge in [0.15, 0.2) is 0 Å². The van der Waals surface area contributed by atoms with E-state index in [1.165, 1.54) is 0 Å². The van der Waals surface area contributed by atoms with Crippen molar-refractivity contribution in [1.82, 2.24) is 10.0 Å². The Morgan fingerprint density at radius 3 is 2.41 bits per heavy atom. The van der Waals surface area contributed by atoms with Crippen LogP contribution in [-0.4, -0.2) is 28.1 Å². The van der Waals surface area contributed by atoms with Crippen molar-refractivity contribution in [2.45, 2.75) is 44.4 Å². The molecule has 1 unspecified atom stereocenters. The quantitative estimate of drug-likeness (QED) is 0.861. The Labute approximate surface area is 140 Å². The van der Waals surface area contributed by atoms with E-state index in [1.54, 1.807) is 12.1 Å². The Bertz CT molecular complexity index is 564. The van der Waals surface area contributed by atoms with Crippen LogP contribution < -0.4 is 10.0 Å². The van der Waals surface area contributed by atoms with Crippen LogP contribution in [0.25, 0.3) is 0 Å². The maximum absolute atomic E-state index is 12.4. The highest BCUT2D eigenvalue weighted by atomic mass is 35.5. The summed E-state index contributed by atoms with van der Waals surface area (Å²) in [4.78, 5) is 0.347. The number of hydrogen-bond donors (Lipinski definition) is 2. The predicted octanol–water partition coefficient (Wildman–Crippen LogP) is 2.90. The van der Waals surface area contributed by atoms with Gasteiger partial charge in [-0.1, -0.05) is 32.9 Å². The van der Waals surface area contributed by atoms with Crippen LogP contribution in [0.2, 0.25) is 0 Å². The van der Waals surface area contributed by atoms with E-state index in [9.17, 15) is 8.42 Å². The molecule has 6 heteroatoms. The van der Waals surface area contributed by atoms with Crippen molar-refractivity contribution in [3.63, 3.8) is 0 Å². The van der Waals surface area contributed by atoms with Crippen molar-refractivity contribution < 1.29 is 8.42 Å². The first-order valence-corrected chi connectivity index (χ1v) is 9.11. The summed E-state index contributed by atoms with van der Waals surface area (Å²) >= 11 is 0. The Morgan fingerprint density at radius 2 is 1.91 bits per heavy atom. The third kappa shape index (κ3) is 4.95. The zero-order valence-corrected chi connectivity index (χ0v) is 15.2. The van der Waals surface area contributed by atoms with Gasteiger partial charge in [0.25, 0.3) is 0 Å². The molecule has 1 heterocycles. The van der Waals surface area contributed by atoms with Gasteiger partial charge in [-0.3, -0.25) is 0 Å². The summed E-state index contributed by atoms with van der Waals surface area (Å²) < 4.78 is 27.5. The van der Waals surface area contributed by atoms with E-state index in [1.807, 2.05) is 12.1 Å². The van der Waals surface area contributed by atoms with Gasteiger partial charge >= 0.3 is 0 Å². The van der Waals surface area contributed by atoms with Gasteiger partial charge in [0.1, 0.15) is 0 Å². The molecule has 1 fully saturated rings. The number of rotatable bonds is 5. The molecule has 1 saturated heterocycles. The summed E-state index contributed by atoms with van der Waals surface area (Å²) in [5, 5.41) is 3.34. The lowest BCUT2D eigenvalue weighted by Crippen LogP contribution is -2.45. The second kappa shape index (κ2) is 7.77. The fraction of sp³-hybridized carbons (Fsp3) is 0.625. The average Bonchev–Trinajstić information content (AvgIpc) is 2.46. The molecule has 0 aliphatic carbocycles. The van der Waals surface area contributed by atoms with E-state index in [0.29, 0.717) is 17.4 Å². The zero-order chi connectivity index (χ0) is 15.5. The molecule has 0 aromatic heterocycles. The van der Waals surface area contributed by atoms with Crippen LogP contribution in [0.4, 0.5) is 0 Å². The molecule has 1 aliphatic rings. The molecule has 2 rings (SSSR count). The molecular formula is C16H27ClN2O2S. The molecule has 0 spiro atoms. The Kier molecular flexibility index (Phi) is 6.86. The summed E-state index contributed by atoms with van der Waals surface area (Å²) in [6, 6.07) is 7.17. The van der Waals surface area contributed by atoms with Crippen molar-refractivity contribution in [2.75, 3.05) is 19.6 Å². The number of benzene rings is 1. The van der Waals surface area contributed by atoms with E-state index in [2.05, 4.69) is 30.8 Å². The lowest BCUT2D eigenvalue weighted by Gasteiger charge is -2.34. The maximum Gasteiger partial charge on any atom is 0.240 e. The molecule has 0 bridgehead atoms. The van der Waals surface area contributed by atoms with Crippen LogP contribution in [0.5, 0.6) is 0 Å². The highest BCUT2D eigenvalue weighted by molar-refractivity contribution is 7.89. The Morgan fingerprint density at radius 1 is 1.27 bits per heavy atom. The van der Waals surface area contributed by atoms with Gasteiger partial charge < -0.3 is 5.32 Å². The van der Waals surface area contributed by atoms with E-state index >= 15 is 0 Å². The largest absolute Gasteiger partial charge is 0.316 e. The van der Waals surface area contributed by atoms with E-state index in [-0.39, 0.29) is 17.8 Å². The van der Waals surface area contributed by atoms with Gasteiger partial charge in [0, 0.05) is 13.1 Å². The second-order valence-corrected chi connectivity index (χ2v) is 8.41. The monoisotopic (exact) mass is 346 g/mol. The third-order valence-corrected chi connectivity index (χ3v) is 5.65. The number of halogens is 1. The van der Waals surface area contributed by atoms with Gasteiger partial charge in [-0.05, 0) is 48.4 Å². The van der Waals surface area contributed by atoms with Gasteiger partial charge in [0.2, 0.25) is 10.0 Å².